The second-order valence-corrected chi connectivity index (χ2v) is 8.37. The van der Waals surface area contributed by atoms with Crippen LogP contribution in [-0.2, 0) is 9.59 Å². The van der Waals surface area contributed by atoms with E-state index in [1.165, 1.54) is 18.4 Å². The van der Waals surface area contributed by atoms with E-state index in [0.29, 0.717) is 22.9 Å². The summed E-state index contributed by atoms with van der Waals surface area (Å²) in [6, 6.07) is 6.16. The van der Waals surface area contributed by atoms with Crippen molar-refractivity contribution in [3.05, 3.63) is 56.2 Å². The smallest absolute Gasteiger partial charge is 0.295 e. The Kier molecular flexibility index (Phi) is 6.65. The number of hydrogen-bond donors (Lipinski definition) is 1. The molecule has 0 saturated carbocycles. The van der Waals surface area contributed by atoms with Crippen molar-refractivity contribution in [2.24, 2.45) is 0 Å². The van der Waals surface area contributed by atoms with E-state index in [4.69, 9.17) is 16.3 Å². The summed E-state index contributed by atoms with van der Waals surface area (Å²) in [5.74, 6) is -0.985. The van der Waals surface area contributed by atoms with Crippen LogP contribution in [0.3, 0.4) is 0 Å². The lowest BCUT2D eigenvalue weighted by molar-refractivity contribution is -0.139. The fourth-order valence-corrected chi connectivity index (χ4v) is 4.85. The Balaban J connectivity index is 2.12. The first-order valence-electron chi connectivity index (χ1n) is 9.57. The Morgan fingerprint density at radius 3 is 2.62 bits per heavy atom. The highest BCUT2D eigenvalue weighted by molar-refractivity contribution is 7.10. The number of likely N-dealkylation sites (tertiary alicyclic amines) is 1. The minimum atomic E-state index is -0.663. The molecule has 1 fully saturated rings. The third-order valence-corrected chi connectivity index (χ3v) is 6.48. The number of aliphatic hydroxyl groups is 1. The lowest BCUT2D eigenvalue weighted by atomic mass is 9.98. The predicted octanol–water partition coefficient (Wildman–Crippen LogP) is 5.33. The SMILES string of the molecule is CCCCCN1C(=O)C(=O)/C(=C(\O)c2ccc(OC)c(Cl)c2)C1c1sccc1C. The van der Waals surface area contributed by atoms with Gasteiger partial charge in [0.05, 0.1) is 23.7 Å². The van der Waals surface area contributed by atoms with Crippen LogP contribution in [0.5, 0.6) is 5.75 Å². The number of ether oxygens (including phenoxy) is 1. The Morgan fingerprint density at radius 2 is 2.03 bits per heavy atom. The summed E-state index contributed by atoms with van der Waals surface area (Å²) in [7, 11) is 1.50. The maximum absolute atomic E-state index is 12.9. The third kappa shape index (κ3) is 4.05. The van der Waals surface area contributed by atoms with Crippen LogP contribution in [0.1, 0.15) is 48.2 Å². The first kappa shape index (κ1) is 21.4. The monoisotopic (exact) mass is 433 g/mol. The summed E-state index contributed by atoms with van der Waals surface area (Å²) in [5.41, 5.74) is 1.47. The maximum atomic E-state index is 12.9. The van der Waals surface area contributed by atoms with Crippen molar-refractivity contribution < 1.29 is 19.4 Å². The summed E-state index contributed by atoms with van der Waals surface area (Å²) in [5, 5.41) is 13.3. The molecule has 0 spiro atoms. The van der Waals surface area contributed by atoms with Gasteiger partial charge in [0.2, 0.25) is 0 Å². The van der Waals surface area contributed by atoms with Gasteiger partial charge in [0.25, 0.3) is 11.7 Å². The van der Waals surface area contributed by atoms with E-state index in [1.54, 1.807) is 23.1 Å². The highest BCUT2D eigenvalue weighted by Crippen LogP contribution is 2.43. The molecule has 1 saturated heterocycles. The molecule has 0 aliphatic carbocycles. The molecule has 1 atom stereocenters. The molecule has 154 valence electrons. The molecule has 1 amide bonds. The van der Waals surface area contributed by atoms with Gasteiger partial charge < -0.3 is 14.7 Å². The molecule has 5 nitrogen and oxygen atoms in total. The molecule has 0 bridgehead atoms. The zero-order valence-corrected chi connectivity index (χ0v) is 18.3. The molecule has 1 aliphatic heterocycles. The van der Waals surface area contributed by atoms with Gasteiger partial charge in [0.15, 0.2) is 0 Å². The normalized spacial score (nSPS) is 18.5. The molecule has 1 unspecified atom stereocenters. The first-order chi connectivity index (χ1) is 13.9. The number of aliphatic hydroxyl groups excluding tert-OH is 1. The number of carbonyl (C=O) groups excluding carboxylic acids is 2. The molecule has 3 rings (SSSR count). The van der Waals surface area contributed by atoms with Crippen molar-refractivity contribution in [2.75, 3.05) is 13.7 Å². The van der Waals surface area contributed by atoms with Crippen LogP contribution >= 0.6 is 22.9 Å². The van der Waals surface area contributed by atoms with Gasteiger partial charge in [0, 0.05) is 17.0 Å². The number of Topliss-reactive ketones (excluding diaryl/α,β-unsaturated/α-hetero) is 1. The molecule has 1 N–H and O–H groups in total. The summed E-state index contributed by atoms with van der Waals surface area (Å²) >= 11 is 7.68. The van der Waals surface area contributed by atoms with Gasteiger partial charge in [-0.2, -0.15) is 0 Å². The van der Waals surface area contributed by atoms with Gasteiger partial charge in [0.1, 0.15) is 11.5 Å². The molecule has 1 aromatic heterocycles. The molecule has 1 aromatic carbocycles. The van der Waals surface area contributed by atoms with E-state index in [0.717, 1.165) is 29.7 Å². The van der Waals surface area contributed by atoms with Gasteiger partial charge in [-0.15, -0.1) is 11.3 Å². The molecular weight excluding hydrogens is 410 g/mol. The molecule has 2 aromatic rings. The average molecular weight is 434 g/mol. The number of carbonyl (C=O) groups is 2. The third-order valence-electron chi connectivity index (χ3n) is 5.12. The van der Waals surface area contributed by atoms with E-state index in [2.05, 4.69) is 6.92 Å². The van der Waals surface area contributed by atoms with Gasteiger partial charge in [-0.05, 0) is 48.6 Å². The van der Waals surface area contributed by atoms with E-state index in [9.17, 15) is 14.7 Å². The number of rotatable bonds is 7. The minimum Gasteiger partial charge on any atom is -0.507 e. The number of benzene rings is 1. The molecule has 2 heterocycles. The van der Waals surface area contributed by atoms with Crippen LogP contribution < -0.4 is 4.74 Å². The Labute approximate surface area is 179 Å². The van der Waals surface area contributed by atoms with Crippen molar-refractivity contribution in [1.82, 2.24) is 4.90 Å². The molecule has 0 radical (unpaired) electrons. The Morgan fingerprint density at radius 1 is 1.28 bits per heavy atom. The predicted molar refractivity (Wildman–Crippen MR) is 116 cm³/mol. The van der Waals surface area contributed by atoms with Crippen LogP contribution in [0.4, 0.5) is 0 Å². The van der Waals surface area contributed by atoms with Crippen LogP contribution in [0.15, 0.2) is 35.2 Å². The van der Waals surface area contributed by atoms with Gasteiger partial charge in [-0.1, -0.05) is 31.4 Å². The summed E-state index contributed by atoms with van der Waals surface area (Å²) in [4.78, 5) is 28.2. The zero-order valence-electron chi connectivity index (χ0n) is 16.7. The lowest BCUT2D eigenvalue weighted by Gasteiger charge is -2.24. The fourth-order valence-electron chi connectivity index (χ4n) is 3.55. The van der Waals surface area contributed by atoms with Crippen molar-refractivity contribution in [3.8, 4) is 5.75 Å². The van der Waals surface area contributed by atoms with E-state index in [-0.39, 0.29) is 11.3 Å². The van der Waals surface area contributed by atoms with Gasteiger partial charge in [-0.25, -0.2) is 0 Å². The van der Waals surface area contributed by atoms with Crippen molar-refractivity contribution in [3.63, 3.8) is 0 Å². The number of ketones is 1. The number of hydrogen-bond acceptors (Lipinski definition) is 5. The van der Waals surface area contributed by atoms with Gasteiger partial charge in [-0.3, -0.25) is 9.59 Å². The first-order valence-corrected chi connectivity index (χ1v) is 10.8. The van der Waals surface area contributed by atoms with Crippen molar-refractivity contribution in [2.45, 2.75) is 39.2 Å². The number of thiophene rings is 1. The van der Waals surface area contributed by atoms with Crippen LogP contribution in [-0.4, -0.2) is 35.4 Å². The number of nitrogens with zero attached hydrogens (tertiary/aromatic N) is 1. The molecule has 1 aliphatic rings. The number of methoxy groups -OCH3 is 1. The highest BCUT2D eigenvalue weighted by Gasteiger charge is 2.46. The topological polar surface area (TPSA) is 66.8 Å². The van der Waals surface area contributed by atoms with Crippen molar-refractivity contribution in [1.29, 1.82) is 0 Å². The quantitative estimate of drug-likeness (QED) is 0.277. The summed E-state index contributed by atoms with van der Waals surface area (Å²) in [6.07, 6.45) is 2.78. The van der Waals surface area contributed by atoms with Gasteiger partial charge >= 0.3 is 0 Å². The highest BCUT2D eigenvalue weighted by atomic mass is 35.5. The largest absolute Gasteiger partial charge is 0.507 e. The average Bonchev–Trinajstić information content (AvgIpc) is 3.23. The van der Waals surface area contributed by atoms with E-state index < -0.39 is 17.7 Å². The second kappa shape index (κ2) is 9.01. The maximum Gasteiger partial charge on any atom is 0.295 e. The minimum absolute atomic E-state index is 0.110. The number of amides is 1. The fraction of sp³-hybridized carbons (Fsp3) is 0.364. The Hall–Kier alpha value is -2.31. The lowest BCUT2D eigenvalue weighted by Crippen LogP contribution is -2.30. The second-order valence-electron chi connectivity index (χ2n) is 7.02. The van der Waals surface area contributed by atoms with E-state index >= 15 is 0 Å². The standard InChI is InChI=1S/C22H24ClNO4S/c1-4-5-6-10-24-18(21-13(2)9-11-29-21)17(20(26)22(24)27)19(25)14-7-8-16(28-3)15(23)12-14/h7-9,11-12,18,25H,4-6,10H2,1-3H3/b19-17-. The summed E-state index contributed by atoms with van der Waals surface area (Å²) in [6.45, 7) is 4.51. The number of aryl methyl sites for hydroxylation is 1. The van der Waals surface area contributed by atoms with Crippen LogP contribution in [0.25, 0.3) is 5.76 Å². The number of halogens is 1. The van der Waals surface area contributed by atoms with Crippen LogP contribution in [0.2, 0.25) is 5.02 Å². The summed E-state index contributed by atoms with van der Waals surface area (Å²) < 4.78 is 5.15. The molecule has 7 heteroatoms. The molecule has 29 heavy (non-hydrogen) atoms. The van der Waals surface area contributed by atoms with Crippen LogP contribution in [0, 0.1) is 6.92 Å². The van der Waals surface area contributed by atoms with Crippen molar-refractivity contribution >= 4 is 40.4 Å². The van der Waals surface area contributed by atoms with E-state index in [1.807, 2.05) is 18.4 Å². The zero-order chi connectivity index (χ0) is 21.1. The molecular formula is C22H24ClNO4S. The number of unbranched alkanes of at least 4 members (excludes halogenated alkanes) is 2. The Bertz CT molecular complexity index is 965.